The molecular weight excluding hydrogens is 384 g/mol. The molecule has 9 nitrogen and oxygen atoms in total. The van der Waals surface area contributed by atoms with Crippen molar-refractivity contribution < 1.29 is 14.6 Å². The largest absolute Gasteiger partial charge is 0.385 e. The van der Waals surface area contributed by atoms with Crippen molar-refractivity contribution in [3.8, 4) is 0 Å². The van der Waals surface area contributed by atoms with E-state index < -0.39 is 5.60 Å². The van der Waals surface area contributed by atoms with Crippen LogP contribution in [-0.4, -0.2) is 66.5 Å². The zero-order chi connectivity index (χ0) is 21.0. The van der Waals surface area contributed by atoms with E-state index in [1.54, 1.807) is 19.4 Å². The second-order valence-electron chi connectivity index (χ2n) is 8.06. The lowest BCUT2D eigenvalue weighted by atomic mass is 9.74. The Hall–Kier alpha value is -2.49. The van der Waals surface area contributed by atoms with Crippen LogP contribution in [0.5, 0.6) is 0 Å². The van der Waals surface area contributed by atoms with Crippen LogP contribution in [0.1, 0.15) is 36.8 Å². The van der Waals surface area contributed by atoms with E-state index in [0.717, 1.165) is 43.9 Å². The lowest BCUT2D eigenvalue weighted by Gasteiger charge is -2.38. The summed E-state index contributed by atoms with van der Waals surface area (Å²) in [5, 5.41) is 29.8. The van der Waals surface area contributed by atoms with Gasteiger partial charge in [-0.1, -0.05) is 0 Å². The smallest absolute Gasteiger partial charge is 0.143 e. The van der Waals surface area contributed by atoms with E-state index in [2.05, 4.69) is 20.4 Å². The average molecular weight is 415 g/mol. The first-order chi connectivity index (χ1) is 14.6. The highest BCUT2D eigenvalue weighted by atomic mass is 16.5. The van der Waals surface area contributed by atoms with Crippen LogP contribution in [0.15, 0.2) is 18.3 Å². The Kier molecular flexibility index (Phi) is 6.31. The second kappa shape index (κ2) is 9.11. The molecule has 2 aromatic rings. The summed E-state index contributed by atoms with van der Waals surface area (Å²) in [4.78, 5) is 6.97. The number of aliphatic hydroxyl groups is 1. The molecule has 0 radical (unpaired) electrons. The number of nitrogens with one attached hydrogen (secondary N) is 3. The van der Waals surface area contributed by atoms with Gasteiger partial charge in [0.25, 0.3) is 0 Å². The quantitative estimate of drug-likeness (QED) is 0.514. The number of hydrogen-bond donors (Lipinski definition) is 4. The summed E-state index contributed by atoms with van der Waals surface area (Å²) in [5.74, 6) is 2.47. The predicted octanol–water partition coefficient (Wildman–Crippen LogP) is 2.41. The summed E-state index contributed by atoms with van der Waals surface area (Å²) in [5.41, 5.74) is 0.368. The number of ether oxygens (including phenoxy) is 2. The molecular formula is C21H30N6O3. The Balaban J connectivity index is 1.72. The van der Waals surface area contributed by atoms with E-state index in [0.29, 0.717) is 49.2 Å². The molecule has 1 saturated carbocycles. The molecule has 2 aromatic heterocycles. The fourth-order valence-corrected chi connectivity index (χ4v) is 4.40. The maximum Gasteiger partial charge on any atom is 0.143 e. The Labute approximate surface area is 176 Å². The average Bonchev–Trinajstić information content (AvgIpc) is 3.29. The van der Waals surface area contributed by atoms with Crippen molar-refractivity contribution >= 4 is 23.7 Å². The molecule has 0 aromatic carbocycles. The van der Waals surface area contributed by atoms with Gasteiger partial charge in [0, 0.05) is 44.7 Å². The second-order valence-corrected chi connectivity index (χ2v) is 8.06. The molecule has 9 heteroatoms. The zero-order valence-corrected chi connectivity index (χ0v) is 17.4. The number of nitrogens with zero attached hydrogens (tertiary/aromatic N) is 3. The van der Waals surface area contributed by atoms with E-state index in [4.69, 9.17) is 19.9 Å². The van der Waals surface area contributed by atoms with Gasteiger partial charge in [0.1, 0.15) is 17.5 Å². The molecule has 1 aliphatic carbocycles. The van der Waals surface area contributed by atoms with Gasteiger partial charge >= 0.3 is 0 Å². The summed E-state index contributed by atoms with van der Waals surface area (Å²) in [6.07, 6.45) is 5.99. The lowest BCUT2D eigenvalue weighted by molar-refractivity contribution is -0.0246. The van der Waals surface area contributed by atoms with Crippen molar-refractivity contribution in [3.05, 3.63) is 29.5 Å². The van der Waals surface area contributed by atoms with E-state index in [9.17, 15) is 5.11 Å². The molecule has 0 amide bonds. The zero-order valence-electron chi connectivity index (χ0n) is 17.4. The number of hydrogen-bond acceptors (Lipinski definition) is 8. The molecule has 0 bridgehead atoms. The highest BCUT2D eigenvalue weighted by Crippen LogP contribution is 2.43. The number of aromatic amines is 1. The number of anilines is 3. The van der Waals surface area contributed by atoms with Crippen molar-refractivity contribution in [3.63, 3.8) is 0 Å². The van der Waals surface area contributed by atoms with Crippen molar-refractivity contribution in [2.45, 2.75) is 31.3 Å². The first-order valence-corrected chi connectivity index (χ1v) is 10.5. The van der Waals surface area contributed by atoms with Crippen molar-refractivity contribution in [2.75, 3.05) is 50.2 Å². The van der Waals surface area contributed by atoms with E-state index >= 15 is 0 Å². The Morgan fingerprint density at radius 1 is 1.40 bits per heavy atom. The van der Waals surface area contributed by atoms with Crippen LogP contribution in [0, 0.1) is 11.3 Å². The normalized spacial score (nSPS) is 24.6. The number of pyridine rings is 1. The van der Waals surface area contributed by atoms with Crippen LogP contribution in [0.2, 0.25) is 0 Å². The summed E-state index contributed by atoms with van der Waals surface area (Å²) in [7, 11) is 1.72. The molecule has 0 atom stereocenters. The minimum atomic E-state index is -0.995. The van der Waals surface area contributed by atoms with Gasteiger partial charge in [-0.3, -0.25) is 5.10 Å². The van der Waals surface area contributed by atoms with Gasteiger partial charge < -0.3 is 30.2 Å². The molecule has 0 spiro atoms. The first-order valence-electron chi connectivity index (χ1n) is 10.5. The monoisotopic (exact) mass is 414 g/mol. The first kappa shape index (κ1) is 20.8. The minimum Gasteiger partial charge on any atom is -0.385 e. The van der Waals surface area contributed by atoms with Crippen molar-refractivity contribution in [2.24, 2.45) is 5.92 Å². The Morgan fingerprint density at radius 2 is 2.17 bits per heavy atom. The van der Waals surface area contributed by atoms with Gasteiger partial charge in [0.15, 0.2) is 0 Å². The van der Waals surface area contributed by atoms with Gasteiger partial charge in [-0.15, -0.1) is 0 Å². The summed E-state index contributed by atoms with van der Waals surface area (Å²) >= 11 is 0. The molecule has 4 rings (SSSR count). The van der Waals surface area contributed by atoms with Crippen LogP contribution >= 0.6 is 0 Å². The highest BCUT2D eigenvalue weighted by molar-refractivity contribution is 5.89. The molecule has 1 aliphatic heterocycles. The Morgan fingerprint density at radius 3 is 2.80 bits per heavy atom. The molecule has 162 valence electrons. The highest BCUT2D eigenvalue weighted by Gasteiger charge is 2.38. The van der Waals surface area contributed by atoms with Crippen molar-refractivity contribution in [1.82, 2.24) is 15.2 Å². The van der Waals surface area contributed by atoms with Crippen LogP contribution in [0.3, 0.4) is 0 Å². The molecule has 2 fully saturated rings. The lowest BCUT2D eigenvalue weighted by Crippen LogP contribution is -2.38. The Bertz CT molecular complexity index is 843. The molecule has 0 unspecified atom stereocenters. The van der Waals surface area contributed by atoms with Crippen LogP contribution < -0.4 is 10.2 Å². The summed E-state index contributed by atoms with van der Waals surface area (Å²) in [6.45, 7) is 3.50. The van der Waals surface area contributed by atoms with Crippen LogP contribution in [0.4, 0.5) is 17.5 Å². The topological polar surface area (TPSA) is 119 Å². The number of morpholine rings is 1. The van der Waals surface area contributed by atoms with E-state index in [1.807, 2.05) is 6.07 Å². The van der Waals surface area contributed by atoms with Gasteiger partial charge in [-0.25, -0.2) is 4.98 Å². The number of methoxy groups -OCH3 is 1. The maximum absolute atomic E-state index is 11.7. The van der Waals surface area contributed by atoms with Crippen LogP contribution in [0.25, 0.3) is 0 Å². The summed E-state index contributed by atoms with van der Waals surface area (Å²) in [6, 6.07) is 3.77. The number of rotatable bonds is 7. The van der Waals surface area contributed by atoms with Gasteiger partial charge in [0.05, 0.1) is 25.0 Å². The van der Waals surface area contributed by atoms with Crippen molar-refractivity contribution in [1.29, 1.82) is 5.41 Å². The molecule has 2 aliphatic rings. The maximum atomic E-state index is 11.7. The standard InChI is InChI=1S/C21H30N6O3/c1-29-14-15-2-5-21(28,6-3-15)17-12-19(27-8-10-30-11-9-27)25-20(16(17)13-22)24-18-4-7-23-26-18/h4,7,12-13,15,22,28H,2-3,5-6,8-11,14H2,1H3,(H2,23,24,25,26). The molecule has 4 N–H and O–H groups in total. The van der Waals surface area contributed by atoms with Gasteiger partial charge in [-0.2, -0.15) is 5.10 Å². The summed E-state index contributed by atoms with van der Waals surface area (Å²) < 4.78 is 10.8. The predicted molar refractivity (Wildman–Crippen MR) is 115 cm³/mol. The van der Waals surface area contributed by atoms with E-state index in [-0.39, 0.29) is 0 Å². The van der Waals surface area contributed by atoms with Gasteiger partial charge in [-0.05, 0) is 43.2 Å². The number of aromatic nitrogens is 3. The SMILES string of the molecule is COCC1CCC(O)(c2cc(N3CCOCC3)nc(Nc3ccn[nH]3)c2C=N)CC1. The van der Waals surface area contributed by atoms with Gasteiger partial charge in [0.2, 0.25) is 0 Å². The molecule has 3 heterocycles. The number of H-pyrrole nitrogens is 1. The van der Waals surface area contributed by atoms with E-state index in [1.165, 1.54) is 6.21 Å². The third kappa shape index (κ3) is 4.33. The van der Waals surface area contributed by atoms with Crippen LogP contribution in [-0.2, 0) is 15.1 Å². The fourth-order valence-electron chi connectivity index (χ4n) is 4.40. The third-order valence-electron chi connectivity index (χ3n) is 6.11. The molecule has 30 heavy (non-hydrogen) atoms. The molecule has 1 saturated heterocycles. The minimum absolute atomic E-state index is 0.460. The third-order valence-corrected chi connectivity index (χ3v) is 6.11. The fraction of sp³-hybridized carbons (Fsp3) is 0.571.